The summed E-state index contributed by atoms with van der Waals surface area (Å²) in [5.41, 5.74) is 2.84. The summed E-state index contributed by atoms with van der Waals surface area (Å²) in [6.45, 7) is -2.33. The number of hydrogen-bond donors (Lipinski definition) is 3. The van der Waals surface area contributed by atoms with Gasteiger partial charge in [-0.2, -0.15) is 8.78 Å². The van der Waals surface area contributed by atoms with Crippen molar-refractivity contribution in [2.45, 2.75) is 31.5 Å². The highest BCUT2D eigenvalue weighted by molar-refractivity contribution is 5.84. The number of anilines is 2. The van der Waals surface area contributed by atoms with E-state index in [4.69, 9.17) is 0 Å². The molecule has 184 valence electrons. The minimum absolute atomic E-state index is 0.0741. The molecule has 8 nitrogen and oxygen atoms in total. The molecule has 3 aromatic rings. The summed E-state index contributed by atoms with van der Waals surface area (Å²) < 4.78 is 28.9. The van der Waals surface area contributed by atoms with Crippen LogP contribution in [0, 0.1) is 0 Å². The van der Waals surface area contributed by atoms with Gasteiger partial charge in [-0.3, -0.25) is 4.79 Å². The number of carbonyl (C=O) groups excluding carboxylic acids is 1. The van der Waals surface area contributed by atoms with Crippen LogP contribution in [0.25, 0.3) is 11.1 Å². The number of rotatable bonds is 8. The highest BCUT2D eigenvalue weighted by atomic mass is 19.3. The summed E-state index contributed by atoms with van der Waals surface area (Å²) in [5, 5.41) is 22.8. The Morgan fingerprint density at radius 3 is 2.37 bits per heavy atom. The van der Waals surface area contributed by atoms with Crippen LogP contribution in [0.15, 0.2) is 60.9 Å². The van der Waals surface area contributed by atoms with E-state index in [1.165, 1.54) is 12.1 Å². The van der Waals surface area contributed by atoms with Crippen molar-refractivity contribution in [3.8, 4) is 16.9 Å². The molecule has 2 unspecified atom stereocenters. The van der Waals surface area contributed by atoms with Gasteiger partial charge in [0.25, 0.3) is 0 Å². The smallest absolute Gasteiger partial charge is 0.387 e. The van der Waals surface area contributed by atoms with E-state index in [0.29, 0.717) is 35.7 Å². The van der Waals surface area contributed by atoms with Crippen LogP contribution in [0.2, 0.25) is 0 Å². The monoisotopic (exact) mass is 484 g/mol. The first-order chi connectivity index (χ1) is 16.9. The second kappa shape index (κ2) is 11.2. The molecule has 1 fully saturated rings. The Labute approximate surface area is 201 Å². The Morgan fingerprint density at radius 1 is 1.09 bits per heavy atom. The van der Waals surface area contributed by atoms with Crippen molar-refractivity contribution in [3.63, 3.8) is 0 Å². The van der Waals surface area contributed by atoms with Gasteiger partial charge in [0.05, 0.1) is 18.6 Å². The van der Waals surface area contributed by atoms with Crippen molar-refractivity contribution in [2.24, 2.45) is 0 Å². The number of ether oxygens (including phenoxy) is 1. The zero-order valence-corrected chi connectivity index (χ0v) is 18.8. The van der Waals surface area contributed by atoms with Gasteiger partial charge in [-0.1, -0.05) is 24.3 Å². The maximum Gasteiger partial charge on any atom is 0.387 e. The van der Waals surface area contributed by atoms with Gasteiger partial charge < -0.3 is 25.2 Å². The largest absolute Gasteiger partial charge is 0.435 e. The molecular formula is C25H26F2N4O4. The molecule has 2 aromatic carbocycles. The molecule has 1 saturated heterocycles. The molecule has 1 aliphatic rings. The SMILES string of the molecule is O=C(C(CO)c1ccc(Nc2ncc(-c3ccc(OC(F)F)cc3)cn2)cc1)N1CCCC(O)C1. The van der Waals surface area contributed by atoms with Crippen LogP contribution in [0.3, 0.4) is 0 Å². The Bertz CT molecular complexity index is 1110. The molecule has 0 aliphatic carbocycles. The quantitative estimate of drug-likeness (QED) is 0.449. The van der Waals surface area contributed by atoms with Crippen LogP contribution in [0.4, 0.5) is 20.4 Å². The number of nitrogens with one attached hydrogen (secondary N) is 1. The summed E-state index contributed by atoms with van der Waals surface area (Å²) in [7, 11) is 0. The van der Waals surface area contributed by atoms with E-state index in [2.05, 4.69) is 20.0 Å². The van der Waals surface area contributed by atoms with E-state index in [9.17, 15) is 23.8 Å². The van der Waals surface area contributed by atoms with Gasteiger partial charge in [-0.05, 0) is 48.2 Å². The number of alkyl halides is 2. The van der Waals surface area contributed by atoms with Crippen molar-refractivity contribution >= 4 is 17.5 Å². The molecule has 2 heterocycles. The van der Waals surface area contributed by atoms with Crippen LogP contribution in [0.1, 0.15) is 24.3 Å². The molecule has 35 heavy (non-hydrogen) atoms. The van der Waals surface area contributed by atoms with Crippen molar-refractivity contribution in [2.75, 3.05) is 25.0 Å². The van der Waals surface area contributed by atoms with Crippen LogP contribution < -0.4 is 10.1 Å². The van der Waals surface area contributed by atoms with Crippen LogP contribution in [-0.2, 0) is 4.79 Å². The average Bonchev–Trinajstić information content (AvgIpc) is 2.86. The van der Waals surface area contributed by atoms with Gasteiger partial charge >= 0.3 is 6.61 Å². The standard InChI is InChI=1S/C25H26F2N4O4/c26-24(27)35-21-9-5-16(6-10-21)18-12-28-25(29-13-18)30-19-7-3-17(4-8-19)22(15-32)23(34)31-11-1-2-20(33)14-31/h3-10,12-13,20,22,24,32-33H,1-2,11,14-15H2,(H,28,29,30). The van der Waals surface area contributed by atoms with Crippen molar-refractivity contribution in [3.05, 3.63) is 66.5 Å². The zero-order chi connectivity index (χ0) is 24.8. The highest BCUT2D eigenvalue weighted by Gasteiger charge is 2.28. The minimum atomic E-state index is -2.87. The Hall–Kier alpha value is -3.63. The third-order valence-electron chi connectivity index (χ3n) is 5.82. The second-order valence-electron chi connectivity index (χ2n) is 8.26. The van der Waals surface area contributed by atoms with Crippen molar-refractivity contribution in [1.82, 2.24) is 14.9 Å². The summed E-state index contributed by atoms with van der Waals surface area (Å²) >= 11 is 0. The minimum Gasteiger partial charge on any atom is -0.435 e. The summed E-state index contributed by atoms with van der Waals surface area (Å²) in [4.78, 5) is 23.0. The number of amides is 1. The number of benzene rings is 2. The summed E-state index contributed by atoms with van der Waals surface area (Å²) in [6, 6.07) is 13.3. The zero-order valence-electron chi connectivity index (χ0n) is 18.8. The van der Waals surface area contributed by atoms with E-state index in [-0.39, 0.29) is 24.8 Å². The first kappa shape index (κ1) is 24.5. The molecule has 10 heteroatoms. The predicted octanol–water partition coefficient (Wildman–Crippen LogP) is 3.55. The van der Waals surface area contributed by atoms with Gasteiger partial charge in [0.15, 0.2) is 0 Å². The molecule has 0 bridgehead atoms. The van der Waals surface area contributed by atoms with E-state index >= 15 is 0 Å². The number of piperidine rings is 1. The fourth-order valence-electron chi connectivity index (χ4n) is 4.00. The third kappa shape index (κ3) is 6.28. The fraction of sp³-hybridized carbons (Fsp3) is 0.320. The summed E-state index contributed by atoms with van der Waals surface area (Å²) in [5.74, 6) is -0.455. The number of aromatic nitrogens is 2. The molecule has 0 saturated carbocycles. The lowest BCUT2D eigenvalue weighted by Crippen LogP contribution is -2.44. The number of hydrogen-bond acceptors (Lipinski definition) is 7. The van der Waals surface area contributed by atoms with E-state index in [0.717, 1.165) is 12.0 Å². The predicted molar refractivity (Wildman–Crippen MR) is 125 cm³/mol. The summed E-state index contributed by atoms with van der Waals surface area (Å²) in [6.07, 6.45) is 4.12. The van der Waals surface area contributed by atoms with Gasteiger partial charge in [-0.15, -0.1) is 0 Å². The lowest BCUT2D eigenvalue weighted by atomic mass is 9.96. The average molecular weight is 485 g/mol. The number of carbonyl (C=O) groups is 1. The molecule has 4 rings (SSSR count). The fourth-order valence-corrected chi connectivity index (χ4v) is 4.00. The number of aliphatic hydroxyl groups is 2. The first-order valence-electron chi connectivity index (χ1n) is 11.2. The normalized spacial score (nSPS) is 16.7. The molecule has 1 aliphatic heterocycles. The highest BCUT2D eigenvalue weighted by Crippen LogP contribution is 2.25. The number of β-amino-alcohol motifs (C(OH)–C–C–N with tert-alkyl or cyclic N) is 1. The van der Waals surface area contributed by atoms with E-state index in [1.807, 2.05) is 0 Å². The van der Waals surface area contributed by atoms with Crippen LogP contribution in [-0.4, -0.2) is 63.4 Å². The second-order valence-corrected chi connectivity index (χ2v) is 8.26. The molecular weight excluding hydrogens is 458 g/mol. The van der Waals surface area contributed by atoms with Gasteiger partial charge in [0, 0.05) is 36.7 Å². The lowest BCUT2D eigenvalue weighted by molar-refractivity contribution is -0.136. The van der Waals surface area contributed by atoms with Crippen LogP contribution in [0.5, 0.6) is 5.75 Å². The van der Waals surface area contributed by atoms with Crippen molar-refractivity contribution < 1.29 is 28.5 Å². The Balaban J connectivity index is 1.38. The lowest BCUT2D eigenvalue weighted by Gasteiger charge is -2.32. The van der Waals surface area contributed by atoms with Crippen molar-refractivity contribution in [1.29, 1.82) is 0 Å². The maximum atomic E-state index is 12.8. The van der Waals surface area contributed by atoms with Gasteiger partial charge in [0.1, 0.15) is 5.75 Å². The Kier molecular flexibility index (Phi) is 7.84. The number of nitrogens with zero attached hydrogens (tertiary/aromatic N) is 3. The van der Waals surface area contributed by atoms with Gasteiger partial charge in [-0.25, -0.2) is 9.97 Å². The Morgan fingerprint density at radius 2 is 1.77 bits per heavy atom. The third-order valence-corrected chi connectivity index (χ3v) is 5.82. The number of aliphatic hydroxyl groups excluding tert-OH is 2. The van der Waals surface area contributed by atoms with E-state index in [1.54, 1.807) is 53.7 Å². The first-order valence-corrected chi connectivity index (χ1v) is 11.2. The topological polar surface area (TPSA) is 108 Å². The molecule has 0 spiro atoms. The molecule has 0 radical (unpaired) electrons. The number of halogens is 2. The molecule has 2 atom stereocenters. The molecule has 1 aromatic heterocycles. The molecule has 1 amide bonds. The van der Waals surface area contributed by atoms with E-state index < -0.39 is 18.6 Å². The van der Waals surface area contributed by atoms with Gasteiger partial charge in [0.2, 0.25) is 11.9 Å². The molecule has 3 N–H and O–H groups in total. The number of likely N-dealkylation sites (tertiary alicyclic amines) is 1. The maximum absolute atomic E-state index is 12.8. The van der Waals surface area contributed by atoms with Crippen LogP contribution >= 0.6 is 0 Å².